The Kier molecular flexibility index (Phi) is 7.17. The van der Waals surface area contributed by atoms with Crippen LogP contribution in [0.15, 0.2) is 48.5 Å². The molecule has 4 rings (SSSR count). The fourth-order valence-electron chi connectivity index (χ4n) is 4.71. The highest BCUT2D eigenvalue weighted by molar-refractivity contribution is 5.83. The van der Waals surface area contributed by atoms with Crippen LogP contribution in [0.4, 0.5) is 4.79 Å². The van der Waals surface area contributed by atoms with Crippen LogP contribution in [0.25, 0.3) is 11.1 Å². The Balaban J connectivity index is 1.33. The minimum atomic E-state index is -0.962. The highest BCUT2D eigenvalue weighted by atomic mass is 16.6. The Morgan fingerprint density at radius 1 is 1.06 bits per heavy atom. The van der Waals surface area contributed by atoms with Crippen LogP contribution in [0.1, 0.15) is 37.3 Å². The van der Waals surface area contributed by atoms with Crippen molar-refractivity contribution < 1.29 is 29.0 Å². The van der Waals surface area contributed by atoms with Crippen LogP contribution in [-0.4, -0.2) is 55.0 Å². The molecule has 0 aromatic heterocycles. The quantitative estimate of drug-likeness (QED) is 0.551. The monoisotopic (exact) mass is 466 g/mol. The molecule has 2 aliphatic rings. The van der Waals surface area contributed by atoms with E-state index in [2.05, 4.69) is 22.8 Å². The molecule has 180 valence electrons. The number of carboxylic acids is 1. The first-order valence-electron chi connectivity index (χ1n) is 11.6. The van der Waals surface area contributed by atoms with Gasteiger partial charge in [-0.1, -0.05) is 62.4 Å². The van der Waals surface area contributed by atoms with Gasteiger partial charge < -0.3 is 25.2 Å². The summed E-state index contributed by atoms with van der Waals surface area (Å²) in [6.07, 6.45) is -1.03. The second kappa shape index (κ2) is 10.3. The van der Waals surface area contributed by atoms with E-state index in [0.717, 1.165) is 22.3 Å². The SMILES string of the molecule is CC(C)C(CNC(=O)[C@@H]1OCC[C@@H]1NC(=O)OCC1c2ccccc2-c2ccccc21)C(=O)O. The molecule has 1 aliphatic carbocycles. The van der Waals surface area contributed by atoms with E-state index in [0.29, 0.717) is 13.0 Å². The normalized spacial score (nSPS) is 19.9. The number of amides is 2. The Labute approximate surface area is 198 Å². The molecule has 2 aromatic carbocycles. The van der Waals surface area contributed by atoms with Crippen molar-refractivity contribution in [2.45, 2.75) is 38.3 Å². The maximum atomic E-state index is 12.6. The summed E-state index contributed by atoms with van der Waals surface area (Å²) in [5, 5.41) is 14.7. The lowest BCUT2D eigenvalue weighted by molar-refractivity contribution is -0.143. The molecule has 1 aliphatic heterocycles. The van der Waals surface area contributed by atoms with E-state index < -0.39 is 36.0 Å². The molecule has 0 saturated carbocycles. The van der Waals surface area contributed by atoms with Gasteiger partial charge in [0.05, 0.1) is 12.0 Å². The van der Waals surface area contributed by atoms with Crippen molar-refractivity contribution in [3.63, 3.8) is 0 Å². The zero-order valence-electron chi connectivity index (χ0n) is 19.3. The van der Waals surface area contributed by atoms with Gasteiger partial charge in [0.1, 0.15) is 6.61 Å². The van der Waals surface area contributed by atoms with Gasteiger partial charge in [0, 0.05) is 19.1 Å². The Morgan fingerprint density at radius 2 is 1.68 bits per heavy atom. The molecule has 1 heterocycles. The molecule has 1 saturated heterocycles. The molecular formula is C26H30N2O6. The van der Waals surface area contributed by atoms with Gasteiger partial charge in [0.25, 0.3) is 5.91 Å². The van der Waals surface area contributed by atoms with E-state index in [1.54, 1.807) is 13.8 Å². The minimum absolute atomic E-state index is 0.00333. The number of rotatable bonds is 8. The molecule has 8 nitrogen and oxygen atoms in total. The number of aliphatic carboxylic acids is 1. The van der Waals surface area contributed by atoms with Gasteiger partial charge in [-0.3, -0.25) is 9.59 Å². The van der Waals surface area contributed by atoms with Crippen molar-refractivity contribution in [3.8, 4) is 11.1 Å². The number of fused-ring (bicyclic) bond motifs is 3. The number of hydrogen-bond donors (Lipinski definition) is 3. The lowest BCUT2D eigenvalue weighted by Gasteiger charge is -2.22. The van der Waals surface area contributed by atoms with E-state index in [1.807, 2.05) is 36.4 Å². The van der Waals surface area contributed by atoms with Crippen LogP contribution in [0.5, 0.6) is 0 Å². The van der Waals surface area contributed by atoms with Gasteiger partial charge >= 0.3 is 12.1 Å². The van der Waals surface area contributed by atoms with Gasteiger partial charge in [0.2, 0.25) is 0 Å². The third-order valence-electron chi connectivity index (χ3n) is 6.62. The fourth-order valence-corrected chi connectivity index (χ4v) is 4.71. The van der Waals surface area contributed by atoms with Crippen molar-refractivity contribution in [2.75, 3.05) is 19.8 Å². The summed E-state index contributed by atoms with van der Waals surface area (Å²) in [7, 11) is 0. The first-order valence-corrected chi connectivity index (χ1v) is 11.6. The summed E-state index contributed by atoms with van der Waals surface area (Å²) in [6, 6.07) is 15.6. The number of carbonyl (C=O) groups excluding carboxylic acids is 2. The van der Waals surface area contributed by atoms with Crippen LogP contribution in [0.3, 0.4) is 0 Å². The molecule has 2 amide bonds. The second-order valence-electron chi connectivity index (χ2n) is 9.09. The van der Waals surface area contributed by atoms with Crippen molar-refractivity contribution in [1.29, 1.82) is 0 Å². The number of nitrogens with one attached hydrogen (secondary N) is 2. The Morgan fingerprint density at radius 3 is 2.26 bits per heavy atom. The number of hydrogen-bond acceptors (Lipinski definition) is 5. The third-order valence-corrected chi connectivity index (χ3v) is 6.62. The number of ether oxygens (including phenoxy) is 2. The van der Waals surface area contributed by atoms with Gasteiger partial charge in [0.15, 0.2) is 6.10 Å². The molecule has 8 heteroatoms. The maximum Gasteiger partial charge on any atom is 0.407 e. The van der Waals surface area contributed by atoms with Gasteiger partial charge in [-0.2, -0.15) is 0 Å². The average Bonchev–Trinajstić information content (AvgIpc) is 3.40. The molecule has 2 aromatic rings. The minimum Gasteiger partial charge on any atom is -0.481 e. The average molecular weight is 467 g/mol. The Hall–Kier alpha value is -3.39. The molecule has 0 bridgehead atoms. The molecule has 0 spiro atoms. The van der Waals surface area contributed by atoms with Crippen molar-refractivity contribution in [2.24, 2.45) is 11.8 Å². The molecule has 1 unspecified atom stereocenters. The zero-order valence-corrected chi connectivity index (χ0v) is 19.3. The maximum absolute atomic E-state index is 12.6. The number of alkyl carbamates (subject to hydrolysis) is 1. The fraction of sp³-hybridized carbons (Fsp3) is 0.423. The number of benzene rings is 2. The summed E-state index contributed by atoms with van der Waals surface area (Å²) in [5.41, 5.74) is 4.54. The largest absolute Gasteiger partial charge is 0.481 e. The molecule has 0 radical (unpaired) electrons. The van der Waals surface area contributed by atoms with Crippen LogP contribution in [0, 0.1) is 11.8 Å². The molecular weight excluding hydrogens is 436 g/mol. The number of carboxylic acid groups (broad SMARTS) is 1. The van der Waals surface area contributed by atoms with Gasteiger partial charge in [-0.05, 0) is 34.6 Å². The molecule has 1 fully saturated rings. The first kappa shape index (κ1) is 23.8. The predicted octanol–water partition coefficient (Wildman–Crippen LogP) is 3.16. The van der Waals surface area contributed by atoms with E-state index in [4.69, 9.17) is 9.47 Å². The van der Waals surface area contributed by atoms with Crippen LogP contribution in [-0.2, 0) is 19.1 Å². The van der Waals surface area contributed by atoms with Gasteiger partial charge in [-0.15, -0.1) is 0 Å². The van der Waals surface area contributed by atoms with E-state index in [-0.39, 0.29) is 25.0 Å². The van der Waals surface area contributed by atoms with Crippen LogP contribution in [0.2, 0.25) is 0 Å². The second-order valence-corrected chi connectivity index (χ2v) is 9.09. The highest BCUT2D eigenvalue weighted by Gasteiger charge is 2.37. The molecule has 3 N–H and O–H groups in total. The Bertz CT molecular complexity index is 1020. The predicted molar refractivity (Wildman–Crippen MR) is 125 cm³/mol. The summed E-state index contributed by atoms with van der Waals surface area (Å²) >= 11 is 0. The van der Waals surface area contributed by atoms with Crippen molar-refractivity contribution in [1.82, 2.24) is 10.6 Å². The molecule has 34 heavy (non-hydrogen) atoms. The molecule has 3 atom stereocenters. The lowest BCUT2D eigenvalue weighted by atomic mass is 9.96. The lowest BCUT2D eigenvalue weighted by Crippen LogP contribution is -2.49. The summed E-state index contributed by atoms with van der Waals surface area (Å²) < 4.78 is 11.1. The van der Waals surface area contributed by atoms with Crippen LogP contribution >= 0.6 is 0 Å². The third kappa shape index (κ3) is 4.92. The van der Waals surface area contributed by atoms with E-state index in [1.165, 1.54) is 0 Å². The standard InChI is InChI=1S/C26H30N2O6/c1-15(2)20(25(30)31)13-27-24(29)23-22(11-12-33-23)28-26(32)34-14-21-18-9-5-3-7-16(18)17-8-4-6-10-19(17)21/h3-10,15,20-23H,11-14H2,1-2H3,(H,27,29)(H,28,32)(H,30,31)/t20?,22-,23+/m0/s1. The first-order chi connectivity index (χ1) is 16.4. The van der Waals surface area contributed by atoms with Crippen molar-refractivity contribution in [3.05, 3.63) is 59.7 Å². The zero-order chi connectivity index (χ0) is 24.2. The van der Waals surface area contributed by atoms with E-state index >= 15 is 0 Å². The topological polar surface area (TPSA) is 114 Å². The number of carbonyl (C=O) groups is 3. The van der Waals surface area contributed by atoms with E-state index in [9.17, 15) is 19.5 Å². The smallest absolute Gasteiger partial charge is 0.407 e. The summed E-state index contributed by atoms with van der Waals surface area (Å²) in [4.78, 5) is 36.6. The van der Waals surface area contributed by atoms with Crippen LogP contribution < -0.4 is 10.6 Å². The van der Waals surface area contributed by atoms with Crippen molar-refractivity contribution >= 4 is 18.0 Å². The highest BCUT2D eigenvalue weighted by Crippen LogP contribution is 2.44. The summed E-state index contributed by atoms with van der Waals surface area (Å²) in [6.45, 7) is 4.08. The summed E-state index contributed by atoms with van der Waals surface area (Å²) in [5.74, 6) is -2.28. The van der Waals surface area contributed by atoms with Gasteiger partial charge in [-0.25, -0.2) is 4.79 Å².